The summed E-state index contributed by atoms with van der Waals surface area (Å²) >= 11 is 0. The number of rotatable bonds is 12. The summed E-state index contributed by atoms with van der Waals surface area (Å²) in [5.41, 5.74) is 15.6. The van der Waals surface area contributed by atoms with Gasteiger partial charge in [-0.3, -0.25) is 0 Å². The quantitative estimate of drug-likeness (QED) is 0.260. The smallest absolute Gasteiger partial charge is 0.0479 e. The summed E-state index contributed by atoms with van der Waals surface area (Å²) in [5, 5.41) is 0. The van der Waals surface area contributed by atoms with E-state index >= 15 is 0 Å². The molecule has 0 spiro atoms. The van der Waals surface area contributed by atoms with E-state index in [-0.39, 0.29) is 0 Å². The topological polar surface area (TPSA) is 9.86 Å². The lowest BCUT2D eigenvalue weighted by Crippen LogP contribution is -2.13. The summed E-state index contributed by atoms with van der Waals surface area (Å²) in [7, 11) is 0. The molecule has 2 nitrogen and oxygen atoms in total. The van der Waals surface area contributed by atoms with Crippen LogP contribution in [-0.2, 0) is 64.5 Å². The van der Waals surface area contributed by atoms with E-state index in [1.807, 2.05) is 0 Å². The Morgan fingerprint density at radius 2 is 0.676 bits per heavy atom. The van der Waals surface area contributed by atoms with Gasteiger partial charge in [-0.15, -0.1) is 0 Å². The minimum atomic E-state index is 0.987. The van der Waals surface area contributed by atoms with Gasteiger partial charge in [-0.1, -0.05) is 79.7 Å². The maximum absolute atomic E-state index is 2.67. The standard InChI is InChI=1S/C32H48N2/c1-9-25-26(10-2)30(14-6)33(29(25)13-5)21-23-19-17-18-20-24(23)22-34-31(15-7)27(11-3)28(12-4)32(34)16-8/h17-20H,9-16,21-22H2,1-8H3. The molecular weight excluding hydrogens is 412 g/mol. The summed E-state index contributed by atoms with van der Waals surface area (Å²) < 4.78 is 5.34. The minimum Gasteiger partial charge on any atom is -0.344 e. The SMILES string of the molecule is CCc1c(CC)c(CC)n(Cc2ccccc2Cn2c(CC)c(CC)c(CC)c2CC)c1CC. The molecule has 0 unspecified atom stereocenters. The monoisotopic (exact) mass is 460 g/mol. The number of hydrogen-bond acceptors (Lipinski definition) is 0. The van der Waals surface area contributed by atoms with Crippen molar-refractivity contribution in [3.05, 3.63) is 80.4 Å². The highest BCUT2D eigenvalue weighted by Gasteiger charge is 2.21. The van der Waals surface area contributed by atoms with Crippen LogP contribution in [0.25, 0.3) is 0 Å². The minimum absolute atomic E-state index is 0.987. The molecule has 186 valence electrons. The molecule has 0 radical (unpaired) electrons. The average Bonchev–Trinajstić information content (AvgIpc) is 3.34. The van der Waals surface area contributed by atoms with E-state index in [2.05, 4.69) is 88.8 Å². The predicted octanol–water partition coefficient (Wildman–Crippen LogP) is 7.89. The van der Waals surface area contributed by atoms with Crippen molar-refractivity contribution in [3.8, 4) is 0 Å². The lowest BCUT2D eigenvalue weighted by molar-refractivity contribution is 0.669. The Balaban J connectivity index is 2.12. The van der Waals surface area contributed by atoms with Crippen LogP contribution in [-0.4, -0.2) is 9.13 Å². The van der Waals surface area contributed by atoms with Gasteiger partial charge in [-0.2, -0.15) is 0 Å². The zero-order valence-corrected chi connectivity index (χ0v) is 23.3. The Morgan fingerprint density at radius 1 is 0.412 bits per heavy atom. The highest BCUT2D eigenvalue weighted by Crippen LogP contribution is 2.30. The van der Waals surface area contributed by atoms with Crippen molar-refractivity contribution < 1.29 is 0 Å². The van der Waals surface area contributed by atoms with Gasteiger partial charge in [-0.05, 0) is 84.7 Å². The highest BCUT2D eigenvalue weighted by atomic mass is 15.0. The summed E-state index contributed by atoms with van der Waals surface area (Å²) in [5.74, 6) is 0. The molecule has 0 aliphatic heterocycles. The highest BCUT2D eigenvalue weighted by molar-refractivity contribution is 5.43. The Labute approximate surface area is 209 Å². The van der Waals surface area contributed by atoms with E-state index < -0.39 is 0 Å². The Hall–Kier alpha value is -2.22. The maximum atomic E-state index is 2.67. The zero-order chi connectivity index (χ0) is 24.8. The van der Waals surface area contributed by atoms with Crippen molar-refractivity contribution in [1.29, 1.82) is 0 Å². The number of hydrogen-bond donors (Lipinski definition) is 0. The predicted molar refractivity (Wildman–Crippen MR) is 149 cm³/mol. The largest absolute Gasteiger partial charge is 0.344 e. The average molecular weight is 461 g/mol. The molecule has 0 atom stereocenters. The first kappa shape index (κ1) is 26.4. The summed E-state index contributed by atoms with van der Waals surface area (Å²) in [6.45, 7) is 20.6. The zero-order valence-electron chi connectivity index (χ0n) is 23.3. The molecule has 0 saturated heterocycles. The summed E-state index contributed by atoms with van der Waals surface area (Å²) in [6.07, 6.45) is 8.97. The van der Waals surface area contributed by atoms with Gasteiger partial charge >= 0.3 is 0 Å². The van der Waals surface area contributed by atoms with E-state index in [0.717, 1.165) is 64.5 Å². The second kappa shape index (κ2) is 12.0. The van der Waals surface area contributed by atoms with Gasteiger partial charge < -0.3 is 9.13 Å². The molecule has 3 rings (SSSR count). The molecule has 1 aromatic carbocycles. The molecule has 2 aromatic heterocycles. The second-order valence-corrected chi connectivity index (χ2v) is 9.47. The van der Waals surface area contributed by atoms with Gasteiger partial charge in [-0.25, -0.2) is 0 Å². The second-order valence-electron chi connectivity index (χ2n) is 9.47. The van der Waals surface area contributed by atoms with Crippen molar-refractivity contribution in [2.45, 2.75) is 120 Å². The first-order valence-electron chi connectivity index (χ1n) is 14.0. The molecule has 0 N–H and O–H groups in total. The number of benzene rings is 1. The molecule has 0 aliphatic rings. The third-order valence-corrected chi connectivity index (χ3v) is 7.95. The third-order valence-electron chi connectivity index (χ3n) is 7.95. The van der Waals surface area contributed by atoms with Gasteiger partial charge in [0.1, 0.15) is 0 Å². The molecule has 2 heteroatoms. The van der Waals surface area contributed by atoms with Crippen LogP contribution in [0.4, 0.5) is 0 Å². The first-order valence-corrected chi connectivity index (χ1v) is 14.0. The Morgan fingerprint density at radius 3 is 0.882 bits per heavy atom. The van der Waals surface area contributed by atoms with Gasteiger partial charge in [0, 0.05) is 35.9 Å². The van der Waals surface area contributed by atoms with E-state index in [4.69, 9.17) is 0 Å². The molecule has 0 amide bonds. The summed E-state index contributed by atoms with van der Waals surface area (Å²) in [6, 6.07) is 9.20. The lowest BCUT2D eigenvalue weighted by atomic mass is 10.0. The molecule has 0 saturated carbocycles. The van der Waals surface area contributed by atoms with Crippen molar-refractivity contribution in [2.75, 3.05) is 0 Å². The number of nitrogens with zero attached hydrogens (tertiary/aromatic N) is 2. The number of aromatic nitrogens is 2. The van der Waals surface area contributed by atoms with Gasteiger partial charge in [0.25, 0.3) is 0 Å². The van der Waals surface area contributed by atoms with E-state index in [1.54, 1.807) is 45.0 Å². The van der Waals surface area contributed by atoms with E-state index in [0.29, 0.717) is 0 Å². The van der Waals surface area contributed by atoms with Crippen molar-refractivity contribution in [2.24, 2.45) is 0 Å². The molecule has 3 aromatic rings. The van der Waals surface area contributed by atoms with Crippen LogP contribution in [0.5, 0.6) is 0 Å². The van der Waals surface area contributed by atoms with Crippen LogP contribution in [0.2, 0.25) is 0 Å². The van der Waals surface area contributed by atoms with Crippen LogP contribution in [0.15, 0.2) is 24.3 Å². The molecule has 0 aliphatic carbocycles. The maximum Gasteiger partial charge on any atom is 0.0479 e. The fraction of sp³-hybridized carbons (Fsp3) is 0.562. The van der Waals surface area contributed by atoms with Gasteiger partial charge in [0.05, 0.1) is 0 Å². The fourth-order valence-corrected chi connectivity index (χ4v) is 6.55. The van der Waals surface area contributed by atoms with E-state index in [1.165, 1.54) is 11.1 Å². The van der Waals surface area contributed by atoms with Crippen LogP contribution in [0.1, 0.15) is 112 Å². The lowest BCUT2D eigenvalue weighted by Gasteiger charge is -2.19. The molecule has 34 heavy (non-hydrogen) atoms. The van der Waals surface area contributed by atoms with Crippen LogP contribution in [0, 0.1) is 0 Å². The Kier molecular flexibility index (Phi) is 9.28. The van der Waals surface area contributed by atoms with Crippen molar-refractivity contribution >= 4 is 0 Å². The normalized spacial score (nSPS) is 11.5. The fourth-order valence-electron chi connectivity index (χ4n) is 6.55. The van der Waals surface area contributed by atoms with Crippen LogP contribution >= 0.6 is 0 Å². The molecular formula is C32H48N2. The van der Waals surface area contributed by atoms with Crippen molar-refractivity contribution in [3.63, 3.8) is 0 Å². The Bertz CT molecular complexity index is 947. The summed E-state index contributed by atoms with van der Waals surface area (Å²) in [4.78, 5) is 0. The van der Waals surface area contributed by atoms with Gasteiger partial charge in [0.15, 0.2) is 0 Å². The van der Waals surface area contributed by atoms with Crippen LogP contribution in [0.3, 0.4) is 0 Å². The van der Waals surface area contributed by atoms with Crippen LogP contribution < -0.4 is 0 Å². The van der Waals surface area contributed by atoms with Gasteiger partial charge in [0.2, 0.25) is 0 Å². The first-order chi connectivity index (χ1) is 16.5. The van der Waals surface area contributed by atoms with Crippen molar-refractivity contribution in [1.82, 2.24) is 9.13 Å². The van der Waals surface area contributed by atoms with E-state index in [9.17, 15) is 0 Å². The molecule has 0 bridgehead atoms. The third kappa shape index (κ3) is 4.66. The molecule has 2 heterocycles. The molecule has 0 fully saturated rings.